The second-order valence-corrected chi connectivity index (χ2v) is 6.06. The van der Waals surface area contributed by atoms with Gasteiger partial charge in [-0.15, -0.1) is 0 Å². The molecule has 0 spiro atoms. The Morgan fingerprint density at radius 3 is 2.15 bits per heavy atom. The second-order valence-electron chi connectivity index (χ2n) is 6.06. The fourth-order valence-corrected chi connectivity index (χ4v) is 3.31. The Bertz CT molecular complexity index is 393. The zero-order valence-electron chi connectivity index (χ0n) is 12.2. The van der Waals surface area contributed by atoms with Crippen LogP contribution >= 0.6 is 0 Å². The first-order chi connectivity index (χ1) is 9.49. The summed E-state index contributed by atoms with van der Waals surface area (Å²) in [5.74, 6) is -0.839. The van der Waals surface area contributed by atoms with E-state index in [1.165, 1.54) is 7.11 Å². The van der Waals surface area contributed by atoms with Crippen molar-refractivity contribution in [3.8, 4) is 0 Å². The zero-order valence-corrected chi connectivity index (χ0v) is 12.2. The molecule has 0 aromatic carbocycles. The van der Waals surface area contributed by atoms with Crippen LogP contribution in [0.5, 0.6) is 0 Å². The molecule has 2 aliphatic rings. The number of likely N-dealkylation sites (tertiary alicyclic amines) is 1. The maximum Gasteiger partial charge on any atom is 0.313 e. The summed E-state index contributed by atoms with van der Waals surface area (Å²) >= 11 is 0. The average Bonchev–Trinajstić information content (AvgIpc) is 2.79. The van der Waals surface area contributed by atoms with Crippen LogP contribution in [0.1, 0.15) is 25.7 Å². The molecule has 2 rings (SSSR count). The van der Waals surface area contributed by atoms with Crippen molar-refractivity contribution in [1.29, 1.82) is 0 Å². The van der Waals surface area contributed by atoms with Crippen molar-refractivity contribution < 1.29 is 24.2 Å². The zero-order chi connectivity index (χ0) is 14.8. The Kier molecular flexibility index (Phi) is 4.34. The fourth-order valence-electron chi connectivity index (χ4n) is 3.31. The number of rotatable bonds is 6. The van der Waals surface area contributed by atoms with Crippen LogP contribution in [-0.2, 0) is 19.1 Å². The molecule has 1 saturated carbocycles. The number of nitrogens with zero attached hydrogens (tertiary/aromatic N) is 1. The molecule has 114 valence electrons. The molecule has 1 atom stereocenters. The summed E-state index contributed by atoms with van der Waals surface area (Å²) in [5.41, 5.74) is -1.38. The molecule has 1 amide bonds. The molecule has 1 aliphatic heterocycles. The van der Waals surface area contributed by atoms with Crippen molar-refractivity contribution in [2.24, 2.45) is 10.8 Å². The van der Waals surface area contributed by atoms with Crippen LogP contribution in [0.15, 0.2) is 0 Å². The number of ether oxygens (including phenoxy) is 2. The number of carbonyl (C=O) groups is 2. The highest BCUT2D eigenvalue weighted by Gasteiger charge is 2.52. The van der Waals surface area contributed by atoms with Crippen LogP contribution in [0, 0.1) is 10.8 Å². The molecule has 0 radical (unpaired) electrons. The molecular weight excluding hydrogens is 262 g/mol. The highest BCUT2D eigenvalue weighted by molar-refractivity contribution is 5.86. The van der Waals surface area contributed by atoms with E-state index in [1.807, 2.05) is 0 Å². The van der Waals surface area contributed by atoms with Crippen LogP contribution in [0.2, 0.25) is 0 Å². The average molecular weight is 285 g/mol. The minimum Gasteiger partial charge on any atom is -0.481 e. The minimum absolute atomic E-state index is 0.0461. The summed E-state index contributed by atoms with van der Waals surface area (Å²) in [7, 11) is 3.09. The summed E-state index contributed by atoms with van der Waals surface area (Å²) in [4.78, 5) is 25.9. The second kappa shape index (κ2) is 5.69. The summed E-state index contributed by atoms with van der Waals surface area (Å²) in [6.07, 6.45) is 3.15. The molecule has 1 heterocycles. The Morgan fingerprint density at radius 1 is 1.10 bits per heavy atom. The van der Waals surface area contributed by atoms with E-state index in [9.17, 15) is 14.7 Å². The third-order valence-corrected chi connectivity index (χ3v) is 4.70. The number of carboxylic acids is 1. The molecule has 1 N–H and O–H groups in total. The standard InChI is InChI=1S/C14H23NO5/c1-19-9-13(4-3-5-13)11(16)15-7-6-14(8-15,10-20-2)12(17)18/h3-10H2,1-2H3,(H,17,18). The van der Waals surface area contributed by atoms with Crippen molar-refractivity contribution in [1.82, 2.24) is 4.90 Å². The van der Waals surface area contributed by atoms with Gasteiger partial charge in [0.1, 0.15) is 5.41 Å². The van der Waals surface area contributed by atoms with E-state index < -0.39 is 16.8 Å². The maximum absolute atomic E-state index is 12.7. The summed E-state index contributed by atoms with van der Waals surface area (Å²) < 4.78 is 10.2. The van der Waals surface area contributed by atoms with Gasteiger partial charge in [-0.2, -0.15) is 0 Å². The minimum atomic E-state index is -0.956. The predicted octanol–water partition coefficient (Wildman–Crippen LogP) is 0.753. The lowest BCUT2D eigenvalue weighted by molar-refractivity contribution is -0.155. The highest BCUT2D eigenvalue weighted by atomic mass is 16.5. The Labute approximate surface area is 119 Å². The largest absolute Gasteiger partial charge is 0.481 e. The van der Waals surface area contributed by atoms with Crippen LogP contribution in [0.3, 0.4) is 0 Å². The Hall–Kier alpha value is -1.14. The van der Waals surface area contributed by atoms with Gasteiger partial charge >= 0.3 is 5.97 Å². The molecule has 6 nitrogen and oxygen atoms in total. The number of carboxylic acid groups (broad SMARTS) is 1. The Balaban J connectivity index is 2.08. The van der Waals surface area contributed by atoms with Crippen molar-refractivity contribution in [3.63, 3.8) is 0 Å². The lowest BCUT2D eigenvalue weighted by Gasteiger charge is -2.42. The predicted molar refractivity (Wildman–Crippen MR) is 71.3 cm³/mol. The molecule has 0 aromatic rings. The molecule has 1 unspecified atom stereocenters. The molecule has 1 saturated heterocycles. The van der Waals surface area contributed by atoms with E-state index in [2.05, 4.69) is 0 Å². The van der Waals surface area contributed by atoms with Gasteiger partial charge < -0.3 is 19.5 Å². The van der Waals surface area contributed by atoms with Gasteiger partial charge in [0.25, 0.3) is 0 Å². The molecule has 0 aromatic heterocycles. The monoisotopic (exact) mass is 285 g/mol. The van der Waals surface area contributed by atoms with Gasteiger partial charge in [-0.05, 0) is 19.3 Å². The third kappa shape index (κ3) is 2.42. The smallest absolute Gasteiger partial charge is 0.313 e. The molecule has 2 fully saturated rings. The van der Waals surface area contributed by atoms with Crippen molar-refractivity contribution in [2.75, 3.05) is 40.5 Å². The lowest BCUT2D eigenvalue weighted by atomic mass is 9.68. The van der Waals surface area contributed by atoms with E-state index in [1.54, 1.807) is 12.0 Å². The maximum atomic E-state index is 12.7. The van der Waals surface area contributed by atoms with Crippen LogP contribution < -0.4 is 0 Å². The summed E-state index contributed by atoms with van der Waals surface area (Å²) in [5, 5.41) is 9.43. The number of carbonyl (C=O) groups excluding carboxylic acids is 1. The number of amides is 1. The molecule has 1 aliphatic carbocycles. The first-order valence-corrected chi connectivity index (χ1v) is 7.00. The number of hydrogen-bond acceptors (Lipinski definition) is 4. The van der Waals surface area contributed by atoms with Crippen LogP contribution in [-0.4, -0.2) is 62.4 Å². The van der Waals surface area contributed by atoms with E-state index in [0.29, 0.717) is 19.6 Å². The van der Waals surface area contributed by atoms with E-state index in [0.717, 1.165) is 19.3 Å². The number of hydrogen-bond donors (Lipinski definition) is 1. The topological polar surface area (TPSA) is 76.1 Å². The Morgan fingerprint density at radius 2 is 1.70 bits per heavy atom. The summed E-state index contributed by atoms with van der Waals surface area (Å²) in [6, 6.07) is 0. The molecular formula is C14H23NO5. The fraction of sp³-hybridized carbons (Fsp3) is 0.857. The van der Waals surface area contributed by atoms with Gasteiger partial charge in [0.2, 0.25) is 5.91 Å². The first-order valence-electron chi connectivity index (χ1n) is 7.00. The molecule has 0 bridgehead atoms. The molecule has 20 heavy (non-hydrogen) atoms. The van der Waals surface area contributed by atoms with Crippen molar-refractivity contribution in [2.45, 2.75) is 25.7 Å². The highest BCUT2D eigenvalue weighted by Crippen LogP contribution is 2.44. The number of aliphatic carboxylic acids is 1. The van der Waals surface area contributed by atoms with Crippen molar-refractivity contribution >= 4 is 11.9 Å². The van der Waals surface area contributed by atoms with Crippen LogP contribution in [0.25, 0.3) is 0 Å². The van der Waals surface area contributed by atoms with E-state index in [-0.39, 0.29) is 19.1 Å². The van der Waals surface area contributed by atoms with E-state index >= 15 is 0 Å². The SMILES string of the molecule is COCC1(C(=O)O)CCN(C(=O)C2(COC)CCC2)C1. The normalized spacial score (nSPS) is 28.2. The van der Waals surface area contributed by atoms with Gasteiger partial charge in [-0.25, -0.2) is 0 Å². The quantitative estimate of drug-likeness (QED) is 0.779. The van der Waals surface area contributed by atoms with Gasteiger partial charge in [0.05, 0.1) is 18.6 Å². The van der Waals surface area contributed by atoms with Gasteiger partial charge in [0, 0.05) is 27.3 Å². The van der Waals surface area contributed by atoms with E-state index in [4.69, 9.17) is 9.47 Å². The van der Waals surface area contributed by atoms with Gasteiger partial charge in [-0.3, -0.25) is 9.59 Å². The third-order valence-electron chi connectivity index (χ3n) is 4.70. The van der Waals surface area contributed by atoms with Gasteiger partial charge in [0.15, 0.2) is 0 Å². The van der Waals surface area contributed by atoms with Crippen molar-refractivity contribution in [3.05, 3.63) is 0 Å². The number of methoxy groups -OCH3 is 2. The summed E-state index contributed by atoms with van der Waals surface area (Å²) in [6.45, 7) is 1.29. The molecule has 6 heteroatoms. The van der Waals surface area contributed by atoms with Gasteiger partial charge in [-0.1, -0.05) is 6.42 Å². The van der Waals surface area contributed by atoms with Crippen LogP contribution in [0.4, 0.5) is 0 Å². The lowest BCUT2D eigenvalue weighted by Crippen LogP contribution is -2.51. The first kappa shape index (κ1) is 15.3.